The molecule has 0 aromatic heterocycles. The van der Waals surface area contributed by atoms with Gasteiger partial charge in [-0.15, -0.1) is 0 Å². The SMILES string of the molecule is CCNC(=O)[C@H](Cc1ccccc1)N(Cc1ccccc1Cl)C(=O)CN(c1cccc(Br)c1)S(=O)(=O)c1ccccc1. The minimum absolute atomic E-state index is 0.00481. The van der Waals surface area contributed by atoms with E-state index < -0.39 is 28.5 Å². The van der Waals surface area contributed by atoms with Crippen molar-refractivity contribution >= 4 is 55.1 Å². The van der Waals surface area contributed by atoms with Crippen LogP contribution < -0.4 is 9.62 Å². The average molecular weight is 669 g/mol. The summed E-state index contributed by atoms with van der Waals surface area (Å²) >= 11 is 9.91. The molecule has 0 aliphatic rings. The Kier molecular flexibility index (Phi) is 10.8. The van der Waals surface area contributed by atoms with Crippen LogP contribution in [0.4, 0.5) is 5.69 Å². The Hall–Kier alpha value is -3.66. The lowest BCUT2D eigenvalue weighted by Gasteiger charge is -2.34. The van der Waals surface area contributed by atoms with Crippen molar-refractivity contribution in [1.82, 2.24) is 10.2 Å². The van der Waals surface area contributed by atoms with Crippen LogP contribution in [-0.2, 0) is 32.6 Å². The molecule has 2 amide bonds. The highest BCUT2D eigenvalue weighted by molar-refractivity contribution is 9.10. The molecule has 4 aromatic carbocycles. The maximum absolute atomic E-state index is 14.3. The van der Waals surface area contributed by atoms with E-state index in [4.69, 9.17) is 11.6 Å². The maximum atomic E-state index is 14.3. The Labute approximate surface area is 260 Å². The molecule has 4 rings (SSSR count). The van der Waals surface area contributed by atoms with Crippen LogP contribution >= 0.6 is 27.5 Å². The van der Waals surface area contributed by atoms with Crippen LogP contribution in [0.1, 0.15) is 18.1 Å². The molecule has 0 radical (unpaired) electrons. The average Bonchev–Trinajstić information content (AvgIpc) is 2.99. The second kappa shape index (κ2) is 14.5. The van der Waals surface area contributed by atoms with Gasteiger partial charge in [-0.3, -0.25) is 13.9 Å². The molecule has 0 heterocycles. The maximum Gasteiger partial charge on any atom is 0.264 e. The Bertz CT molecular complexity index is 1620. The van der Waals surface area contributed by atoms with Gasteiger partial charge in [-0.1, -0.05) is 100 Å². The standard InChI is InChI=1S/C32H31BrClN3O4S/c1-2-35-32(39)30(20-24-12-5-3-6-13-24)36(22-25-14-9-10-19-29(25)34)31(38)23-37(27-16-11-15-26(33)21-27)42(40,41)28-17-7-4-8-18-28/h3-19,21,30H,2,20,22-23H2,1H3,(H,35,39)/t30-/m0/s1. The molecule has 0 aliphatic heterocycles. The highest BCUT2D eigenvalue weighted by atomic mass is 79.9. The molecule has 0 spiro atoms. The van der Waals surface area contributed by atoms with E-state index in [-0.39, 0.29) is 23.8 Å². The molecule has 7 nitrogen and oxygen atoms in total. The van der Waals surface area contributed by atoms with Crippen LogP contribution in [0.25, 0.3) is 0 Å². The second-order valence-corrected chi connectivity index (χ2v) is 12.7. The predicted octanol–water partition coefficient (Wildman–Crippen LogP) is 6.07. The second-order valence-electron chi connectivity index (χ2n) is 9.52. The van der Waals surface area contributed by atoms with Gasteiger partial charge < -0.3 is 10.2 Å². The van der Waals surface area contributed by atoms with Crippen molar-refractivity contribution < 1.29 is 18.0 Å². The third kappa shape index (κ3) is 7.79. The number of benzene rings is 4. The highest BCUT2D eigenvalue weighted by Crippen LogP contribution is 2.28. The van der Waals surface area contributed by atoms with E-state index in [0.717, 1.165) is 9.87 Å². The molecular formula is C32H31BrClN3O4S. The fraction of sp³-hybridized carbons (Fsp3) is 0.188. The van der Waals surface area contributed by atoms with E-state index in [2.05, 4.69) is 21.2 Å². The van der Waals surface area contributed by atoms with Gasteiger partial charge in [0.15, 0.2) is 0 Å². The van der Waals surface area contributed by atoms with E-state index in [1.54, 1.807) is 73.7 Å². The quantitative estimate of drug-likeness (QED) is 0.199. The van der Waals surface area contributed by atoms with Crippen molar-refractivity contribution in [2.75, 3.05) is 17.4 Å². The fourth-order valence-electron chi connectivity index (χ4n) is 4.54. The van der Waals surface area contributed by atoms with Crippen LogP contribution in [0.15, 0.2) is 119 Å². The van der Waals surface area contributed by atoms with E-state index in [1.807, 2.05) is 30.3 Å². The van der Waals surface area contributed by atoms with Gasteiger partial charge in [0.2, 0.25) is 11.8 Å². The summed E-state index contributed by atoms with van der Waals surface area (Å²) in [7, 11) is -4.16. The number of hydrogen-bond acceptors (Lipinski definition) is 4. The smallest absolute Gasteiger partial charge is 0.264 e. The Morgan fingerprint density at radius 1 is 0.881 bits per heavy atom. The zero-order valence-electron chi connectivity index (χ0n) is 23.0. The van der Waals surface area contributed by atoms with Gasteiger partial charge in [0.05, 0.1) is 10.6 Å². The topological polar surface area (TPSA) is 86.8 Å². The lowest BCUT2D eigenvalue weighted by atomic mass is 10.0. The van der Waals surface area contributed by atoms with Crippen molar-refractivity contribution in [2.45, 2.75) is 30.8 Å². The zero-order valence-corrected chi connectivity index (χ0v) is 26.1. The van der Waals surface area contributed by atoms with Gasteiger partial charge in [-0.2, -0.15) is 0 Å². The van der Waals surface area contributed by atoms with Gasteiger partial charge in [-0.25, -0.2) is 8.42 Å². The van der Waals surface area contributed by atoms with E-state index in [9.17, 15) is 18.0 Å². The first-order valence-electron chi connectivity index (χ1n) is 13.4. The summed E-state index contributed by atoms with van der Waals surface area (Å²) in [5, 5.41) is 3.28. The number of carbonyl (C=O) groups excluding carboxylic acids is 2. The number of hydrogen-bond donors (Lipinski definition) is 1. The number of carbonyl (C=O) groups is 2. The van der Waals surface area contributed by atoms with Crippen LogP contribution in [0.2, 0.25) is 5.02 Å². The predicted molar refractivity (Wildman–Crippen MR) is 170 cm³/mol. The largest absolute Gasteiger partial charge is 0.355 e. The Morgan fingerprint density at radius 2 is 1.52 bits per heavy atom. The highest BCUT2D eigenvalue weighted by Gasteiger charge is 2.34. The van der Waals surface area contributed by atoms with E-state index in [1.165, 1.54) is 17.0 Å². The summed E-state index contributed by atoms with van der Waals surface area (Å²) in [6, 6.07) is 30.2. The molecule has 0 fully saturated rings. The van der Waals surface area contributed by atoms with E-state index in [0.29, 0.717) is 27.3 Å². The Balaban J connectivity index is 1.80. The van der Waals surface area contributed by atoms with Gasteiger partial charge in [0.25, 0.3) is 10.0 Å². The molecular weight excluding hydrogens is 638 g/mol. The normalized spacial score (nSPS) is 11.9. The lowest BCUT2D eigenvalue weighted by molar-refractivity contribution is -0.140. The number of nitrogens with zero attached hydrogens (tertiary/aromatic N) is 2. The number of rotatable bonds is 12. The van der Waals surface area contributed by atoms with Crippen molar-refractivity contribution in [1.29, 1.82) is 0 Å². The molecule has 0 bridgehead atoms. The molecule has 1 atom stereocenters. The molecule has 42 heavy (non-hydrogen) atoms. The number of amides is 2. The molecule has 10 heteroatoms. The van der Waals surface area contributed by atoms with Gasteiger partial charge in [0.1, 0.15) is 12.6 Å². The third-order valence-corrected chi connectivity index (χ3v) is 9.28. The Morgan fingerprint density at radius 3 is 2.17 bits per heavy atom. The zero-order chi connectivity index (χ0) is 30.1. The number of nitrogens with one attached hydrogen (secondary N) is 1. The summed E-state index contributed by atoms with van der Waals surface area (Å²) in [6.45, 7) is 1.64. The van der Waals surface area contributed by atoms with Crippen molar-refractivity contribution in [3.63, 3.8) is 0 Å². The number of likely N-dealkylation sites (N-methyl/N-ethyl adjacent to an activating group) is 1. The van der Waals surface area contributed by atoms with Crippen molar-refractivity contribution in [2.24, 2.45) is 0 Å². The number of sulfonamides is 1. The summed E-state index contributed by atoms with van der Waals surface area (Å²) in [5.74, 6) is -0.900. The van der Waals surface area contributed by atoms with Crippen LogP contribution in [0.5, 0.6) is 0 Å². The molecule has 0 saturated carbocycles. The summed E-state index contributed by atoms with van der Waals surface area (Å²) in [6.07, 6.45) is 0.227. The first kappa shape index (κ1) is 31.3. The first-order chi connectivity index (χ1) is 20.2. The van der Waals surface area contributed by atoms with Crippen LogP contribution in [0, 0.1) is 0 Å². The molecule has 1 N–H and O–H groups in total. The third-order valence-electron chi connectivity index (χ3n) is 6.63. The minimum Gasteiger partial charge on any atom is -0.355 e. The molecule has 0 unspecified atom stereocenters. The van der Waals surface area contributed by atoms with Gasteiger partial charge >= 0.3 is 0 Å². The summed E-state index contributed by atoms with van der Waals surface area (Å²) < 4.78 is 29.6. The molecule has 0 saturated heterocycles. The van der Waals surface area contributed by atoms with Gasteiger partial charge in [0, 0.05) is 29.0 Å². The van der Waals surface area contributed by atoms with E-state index >= 15 is 0 Å². The van der Waals surface area contributed by atoms with Crippen LogP contribution in [-0.4, -0.2) is 44.3 Å². The lowest BCUT2D eigenvalue weighted by Crippen LogP contribution is -2.53. The molecule has 4 aromatic rings. The monoisotopic (exact) mass is 667 g/mol. The number of halogens is 2. The first-order valence-corrected chi connectivity index (χ1v) is 16.0. The summed E-state index contributed by atoms with van der Waals surface area (Å²) in [4.78, 5) is 29.3. The summed E-state index contributed by atoms with van der Waals surface area (Å²) in [5.41, 5.74) is 1.79. The number of anilines is 1. The van der Waals surface area contributed by atoms with Crippen LogP contribution in [0.3, 0.4) is 0 Å². The van der Waals surface area contributed by atoms with Gasteiger partial charge in [-0.05, 0) is 54.4 Å². The fourth-order valence-corrected chi connectivity index (χ4v) is 6.55. The molecule has 218 valence electrons. The van der Waals surface area contributed by atoms with Crippen molar-refractivity contribution in [3.8, 4) is 0 Å². The minimum atomic E-state index is -4.16. The van der Waals surface area contributed by atoms with Crippen molar-refractivity contribution in [3.05, 3.63) is 130 Å². The molecule has 0 aliphatic carbocycles.